The molecular weight excluding hydrogens is 176 g/mol. The second-order valence-corrected chi connectivity index (χ2v) is 3.09. The van der Waals surface area contributed by atoms with Gasteiger partial charge in [0.2, 0.25) is 0 Å². The zero-order valence-corrected chi connectivity index (χ0v) is 7.99. The van der Waals surface area contributed by atoms with Gasteiger partial charge in [-0.1, -0.05) is 18.2 Å². The molecule has 14 heavy (non-hydrogen) atoms. The predicted molar refractivity (Wildman–Crippen MR) is 57.2 cm³/mol. The minimum absolute atomic E-state index is 0.0283. The molecule has 0 unspecified atom stereocenters. The van der Waals surface area contributed by atoms with Crippen molar-refractivity contribution in [3.05, 3.63) is 36.0 Å². The van der Waals surface area contributed by atoms with E-state index < -0.39 is 0 Å². The van der Waals surface area contributed by atoms with Gasteiger partial charge in [-0.2, -0.15) is 0 Å². The van der Waals surface area contributed by atoms with Crippen LogP contribution in [0.2, 0.25) is 0 Å². The number of hydrogen-bond acceptors (Lipinski definition) is 3. The molecule has 3 heteroatoms. The molecule has 0 atom stereocenters. The fourth-order valence-corrected chi connectivity index (χ4v) is 1.52. The van der Waals surface area contributed by atoms with Crippen molar-refractivity contribution >= 4 is 16.6 Å². The van der Waals surface area contributed by atoms with Gasteiger partial charge in [0.1, 0.15) is 0 Å². The van der Waals surface area contributed by atoms with Crippen molar-refractivity contribution in [2.24, 2.45) is 0 Å². The van der Waals surface area contributed by atoms with Gasteiger partial charge in [0.25, 0.3) is 0 Å². The van der Waals surface area contributed by atoms with Gasteiger partial charge in [0.05, 0.1) is 17.8 Å². The Kier molecular flexibility index (Phi) is 2.33. The first-order valence-electron chi connectivity index (χ1n) is 4.52. The zero-order valence-electron chi connectivity index (χ0n) is 7.99. The first-order valence-corrected chi connectivity index (χ1v) is 4.52. The SMILES string of the molecule is CNc1cc(CO)nc2ccccc12. The summed E-state index contributed by atoms with van der Waals surface area (Å²) >= 11 is 0. The van der Waals surface area contributed by atoms with Crippen LogP contribution in [0.3, 0.4) is 0 Å². The average molecular weight is 188 g/mol. The summed E-state index contributed by atoms with van der Waals surface area (Å²) in [7, 11) is 1.86. The Morgan fingerprint density at radius 3 is 2.86 bits per heavy atom. The van der Waals surface area contributed by atoms with Gasteiger partial charge >= 0.3 is 0 Å². The molecule has 2 N–H and O–H groups in total. The van der Waals surface area contributed by atoms with Gasteiger partial charge in [0, 0.05) is 18.1 Å². The molecule has 0 saturated carbocycles. The van der Waals surface area contributed by atoms with Crippen LogP contribution in [0, 0.1) is 0 Å². The monoisotopic (exact) mass is 188 g/mol. The second kappa shape index (κ2) is 3.64. The maximum absolute atomic E-state index is 9.03. The quantitative estimate of drug-likeness (QED) is 0.755. The Bertz CT molecular complexity index is 454. The van der Waals surface area contributed by atoms with Gasteiger partial charge in [-0.05, 0) is 12.1 Å². The minimum atomic E-state index is -0.0283. The molecule has 0 spiro atoms. The van der Waals surface area contributed by atoms with E-state index in [1.54, 1.807) is 0 Å². The Hall–Kier alpha value is -1.61. The van der Waals surface area contributed by atoms with Crippen LogP contribution < -0.4 is 5.32 Å². The molecule has 0 radical (unpaired) electrons. The van der Waals surface area contributed by atoms with Crippen LogP contribution in [0.1, 0.15) is 5.69 Å². The van der Waals surface area contributed by atoms with E-state index in [4.69, 9.17) is 5.11 Å². The van der Waals surface area contributed by atoms with Crippen LogP contribution >= 0.6 is 0 Å². The smallest absolute Gasteiger partial charge is 0.0854 e. The van der Waals surface area contributed by atoms with E-state index in [0.29, 0.717) is 5.69 Å². The molecule has 1 aromatic heterocycles. The summed E-state index contributed by atoms with van der Waals surface area (Å²) in [6.07, 6.45) is 0. The number of pyridine rings is 1. The Morgan fingerprint density at radius 1 is 1.36 bits per heavy atom. The van der Waals surface area contributed by atoms with Crippen LogP contribution in [0.5, 0.6) is 0 Å². The van der Waals surface area contributed by atoms with Crippen molar-refractivity contribution in [3.8, 4) is 0 Å². The maximum Gasteiger partial charge on any atom is 0.0854 e. The molecule has 0 bridgehead atoms. The van der Waals surface area contributed by atoms with Crippen molar-refractivity contribution in [3.63, 3.8) is 0 Å². The van der Waals surface area contributed by atoms with Crippen molar-refractivity contribution in [2.45, 2.75) is 6.61 Å². The molecule has 1 aromatic carbocycles. The summed E-state index contributed by atoms with van der Waals surface area (Å²) in [6.45, 7) is -0.0283. The number of nitrogens with one attached hydrogen (secondary N) is 1. The van der Waals surface area contributed by atoms with E-state index in [2.05, 4.69) is 10.3 Å². The van der Waals surface area contributed by atoms with Crippen molar-refractivity contribution in [1.82, 2.24) is 4.98 Å². The van der Waals surface area contributed by atoms with E-state index in [1.807, 2.05) is 37.4 Å². The molecule has 0 saturated heterocycles. The lowest BCUT2D eigenvalue weighted by Gasteiger charge is -2.07. The third-order valence-corrected chi connectivity index (χ3v) is 2.20. The summed E-state index contributed by atoms with van der Waals surface area (Å²) in [6, 6.07) is 9.73. The maximum atomic E-state index is 9.03. The summed E-state index contributed by atoms with van der Waals surface area (Å²) in [5.41, 5.74) is 2.59. The largest absolute Gasteiger partial charge is 0.390 e. The molecular formula is C11H12N2O. The number of nitrogens with zero attached hydrogens (tertiary/aromatic N) is 1. The molecule has 3 nitrogen and oxygen atoms in total. The lowest BCUT2D eigenvalue weighted by molar-refractivity contribution is 0.277. The number of anilines is 1. The number of aliphatic hydroxyl groups is 1. The normalized spacial score (nSPS) is 10.4. The highest BCUT2D eigenvalue weighted by Gasteiger charge is 2.02. The lowest BCUT2D eigenvalue weighted by Crippen LogP contribution is -1.96. The molecule has 2 aromatic rings. The Balaban J connectivity index is 2.73. The number of aromatic nitrogens is 1. The predicted octanol–water partition coefficient (Wildman–Crippen LogP) is 1.77. The molecule has 0 aliphatic heterocycles. The highest BCUT2D eigenvalue weighted by Crippen LogP contribution is 2.22. The minimum Gasteiger partial charge on any atom is -0.390 e. The summed E-state index contributed by atoms with van der Waals surface area (Å²) in [4.78, 5) is 4.31. The van der Waals surface area contributed by atoms with Crippen LogP contribution in [0.4, 0.5) is 5.69 Å². The third kappa shape index (κ3) is 1.42. The third-order valence-electron chi connectivity index (χ3n) is 2.20. The first-order chi connectivity index (χ1) is 6.85. The highest BCUT2D eigenvalue weighted by atomic mass is 16.3. The number of hydrogen-bond donors (Lipinski definition) is 2. The molecule has 72 valence electrons. The standard InChI is InChI=1S/C11H12N2O/c1-12-11-6-8(7-14)13-10-5-3-2-4-9(10)11/h2-6,14H,7H2,1H3,(H,12,13). The highest BCUT2D eigenvalue weighted by molar-refractivity contribution is 5.91. The van der Waals surface area contributed by atoms with Crippen LogP contribution in [0.15, 0.2) is 30.3 Å². The van der Waals surface area contributed by atoms with E-state index in [1.165, 1.54) is 0 Å². The topological polar surface area (TPSA) is 45.1 Å². The van der Waals surface area contributed by atoms with Gasteiger partial charge in [-0.3, -0.25) is 4.98 Å². The fourth-order valence-electron chi connectivity index (χ4n) is 1.52. The fraction of sp³-hybridized carbons (Fsp3) is 0.182. The molecule has 0 fully saturated rings. The molecule has 0 amide bonds. The van der Waals surface area contributed by atoms with Gasteiger partial charge in [-0.25, -0.2) is 0 Å². The zero-order chi connectivity index (χ0) is 9.97. The van der Waals surface area contributed by atoms with Crippen LogP contribution in [-0.2, 0) is 6.61 Å². The Labute approximate surface area is 82.4 Å². The number of para-hydroxylation sites is 1. The summed E-state index contributed by atoms with van der Waals surface area (Å²) < 4.78 is 0. The van der Waals surface area contributed by atoms with E-state index >= 15 is 0 Å². The summed E-state index contributed by atoms with van der Waals surface area (Å²) in [5, 5.41) is 13.2. The van der Waals surface area contributed by atoms with Gasteiger partial charge in [0.15, 0.2) is 0 Å². The number of rotatable bonds is 2. The van der Waals surface area contributed by atoms with Crippen LogP contribution in [-0.4, -0.2) is 17.1 Å². The number of aliphatic hydroxyl groups excluding tert-OH is 1. The van der Waals surface area contributed by atoms with E-state index in [0.717, 1.165) is 16.6 Å². The number of benzene rings is 1. The van der Waals surface area contributed by atoms with Crippen LogP contribution in [0.25, 0.3) is 10.9 Å². The van der Waals surface area contributed by atoms with E-state index in [-0.39, 0.29) is 6.61 Å². The van der Waals surface area contributed by atoms with Crippen molar-refractivity contribution in [2.75, 3.05) is 12.4 Å². The van der Waals surface area contributed by atoms with Gasteiger partial charge in [-0.15, -0.1) is 0 Å². The molecule has 1 heterocycles. The van der Waals surface area contributed by atoms with E-state index in [9.17, 15) is 0 Å². The molecule has 0 aliphatic carbocycles. The van der Waals surface area contributed by atoms with Gasteiger partial charge < -0.3 is 10.4 Å². The Morgan fingerprint density at radius 2 is 2.14 bits per heavy atom. The first kappa shape index (κ1) is 8.97. The summed E-state index contributed by atoms with van der Waals surface area (Å²) in [5.74, 6) is 0. The van der Waals surface area contributed by atoms with Crippen molar-refractivity contribution < 1.29 is 5.11 Å². The van der Waals surface area contributed by atoms with Crippen molar-refractivity contribution in [1.29, 1.82) is 0 Å². The second-order valence-electron chi connectivity index (χ2n) is 3.09. The average Bonchev–Trinajstić information content (AvgIpc) is 2.27. The molecule has 2 rings (SSSR count). The lowest BCUT2D eigenvalue weighted by atomic mass is 10.1. The number of fused-ring (bicyclic) bond motifs is 1. The molecule has 0 aliphatic rings.